The fraction of sp³-hybridized carbons (Fsp3) is 0.562. The Labute approximate surface area is 126 Å². The van der Waals surface area contributed by atoms with Crippen LogP contribution in [0.1, 0.15) is 26.7 Å². The number of nitrogens with zero attached hydrogens (tertiary/aromatic N) is 1. The van der Waals surface area contributed by atoms with Gasteiger partial charge in [0.15, 0.2) is 0 Å². The van der Waals surface area contributed by atoms with Gasteiger partial charge in [-0.2, -0.15) is 0 Å². The number of para-hydroxylation sites is 2. The highest BCUT2D eigenvalue weighted by atomic mass is 16.5. The van der Waals surface area contributed by atoms with Gasteiger partial charge in [-0.15, -0.1) is 0 Å². The van der Waals surface area contributed by atoms with Crippen LogP contribution in [0.15, 0.2) is 24.3 Å². The average molecular weight is 291 g/mol. The van der Waals surface area contributed by atoms with Crippen LogP contribution < -0.4 is 15.8 Å². The molecule has 21 heavy (non-hydrogen) atoms. The Kier molecular flexibility index (Phi) is 5.59. The monoisotopic (exact) mass is 291 g/mol. The molecule has 2 unspecified atom stereocenters. The van der Waals surface area contributed by atoms with E-state index in [0.29, 0.717) is 24.9 Å². The Balaban J connectivity index is 1.93. The summed E-state index contributed by atoms with van der Waals surface area (Å²) in [5.41, 5.74) is 6.68. The van der Waals surface area contributed by atoms with E-state index in [2.05, 4.69) is 17.1 Å². The molecular formula is C16H25N3O2. The van der Waals surface area contributed by atoms with Gasteiger partial charge in [0.2, 0.25) is 5.91 Å². The third-order valence-corrected chi connectivity index (χ3v) is 3.86. The molecule has 1 heterocycles. The summed E-state index contributed by atoms with van der Waals surface area (Å²) in [5, 5.41) is 2.94. The van der Waals surface area contributed by atoms with Crippen LogP contribution in [0, 0.1) is 0 Å². The van der Waals surface area contributed by atoms with Crippen LogP contribution in [0.3, 0.4) is 0 Å². The van der Waals surface area contributed by atoms with Gasteiger partial charge in [-0.3, -0.25) is 9.69 Å². The first-order valence-electron chi connectivity index (χ1n) is 7.61. The van der Waals surface area contributed by atoms with E-state index in [1.54, 1.807) is 0 Å². The number of hydrogen-bond donors (Lipinski definition) is 2. The van der Waals surface area contributed by atoms with E-state index in [0.717, 1.165) is 25.1 Å². The lowest BCUT2D eigenvalue weighted by molar-refractivity contribution is -0.118. The number of amides is 1. The smallest absolute Gasteiger partial charge is 0.238 e. The zero-order valence-electron chi connectivity index (χ0n) is 12.8. The highest BCUT2D eigenvalue weighted by Gasteiger charge is 2.24. The molecule has 116 valence electrons. The van der Waals surface area contributed by atoms with Crippen LogP contribution in [0.5, 0.6) is 5.75 Å². The van der Waals surface area contributed by atoms with Crippen LogP contribution in [0.4, 0.5) is 5.69 Å². The predicted molar refractivity (Wildman–Crippen MR) is 84.5 cm³/mol. The Hall–Kier alpha value is -1.59. The number of nitrogens with two attached hydrogens (primary N) is 1. The molecule has 3 N–H and O–H groups in total. The molecule has 2 atom stereocenters. The first kappa shape index (κ1) is 15.8. The number of ether oxygens (including phenoxy) is 1. The lowest BCUT2D eigenvalue weighted by Crippen LogP contribution is -2.48. The van der Waals surface area contributed by atoms with Crippen LogP contribution in [-0.2, 0) is 4.79 Å². The first-order chi connectivity index (χ1) is 10.1. The molecule has 1 aliphatic rings. The van der Waals surface area contributed by atoms with Crippen molar-refractivity contribution in [3.8, 4) is 5.75 Å². The second-order valence-electron chi connectivity index (χ2n) is 5.58. The number of nitrogens with one attached hydrogen (secondary N) is 1. The van der Waals surface area contributed by atoms with Crippen LogP contribution in [-0.4, -0.2) is 42.6 Å². The second kappa shape index (κ2) is 7.43. The standard InChI is InChI=1S/C16H25N3O2/c1-3-21-15-7-5-4-6-14(15)18-16(20)11-19-9-8-13(17)10-12(19)2/h4-7,12-13H,3,8-11,17H2,1-2H3,(H,18,20). The van der Waals surface area contributed by atoms with E-state index < -0.39 is 0 Å². The molecule has 1 saturated heterocycles. The predicted octanol–water partition coefficient (Wildman–Crippen LogP) is 1.84. The highest BCUT2D eigenvalue weighted by molar-refractivity contribution is 5.93. The summed E-state index contributed by atoms with van der Waals surface area (Å²) in [4.78, 5) is 14.4. The number of piperidine rings is 1. The third kappa shape index (κ3) is 4.44. The molecule has 5 heteroatoms. The molecule has 1 amide bonds. The summed E-state index contributed by atoms with van der Waals surface area (Å²) >= 11 is 0. The van der Waals surface area contributed by atoms with Crippen molar-refractivity contribution in [1.82, 2.24) is 4.90 Å². The van der Waals surface area contributed by atoms with Gasteiger partial charge >= 0.3 is 0 Å². The molecule has 5 nitrogen and oxygen atoms in total. The Morgan fingerprint density at radius 3 is 2.95 bits per heavy atom. The molecule has 0 bridgehead atoms. The molecule has 0 spiro atoms. The van der Waals surface area contributed by atoms with E-state index in [1.165, 1.54) is 0 Å². The largest absolute Gasteiger partial charge is 0.492 e. The molecule has 1 fully saturated rings. The van der Waals surface area contributed by atoms with E-state index in [-0.39, 0.29) is 11.9 Å². The second-order valence-corrected chi connectivity index (χ2v) is 5.58. The molecule has 0 aliphatic carbocycles. The van der Waals surface area contributed by atoms with Crippen LogP contribution in [0.2, 0.25) is 0 Å². The van der Waals surface area contributed by atoms with Crippen LogP contribution in [0.25, 0.3) is 0 Å². The topological polar surface area (TPSA) is 67.6 Å². The van der Waals surface area contributed by atoms with E-state index >= 15 is 0 Å². The van der Waals surface area contributed by atoms with Gasteiger partial charge in [0.05, 0.1) is 18.8 Å². The lowest BCUT2D eigenvalue weighted by atomic mass is 9.99. The summed E-state index contributed by atoms with van der Waals surface area (Å²) in [6.07, 6.45) is 1.90. The summed E-state index contributed by atoms with van der Waals surface area (Å²) in [6.45, 7) is 5.91. The lowest BCUT2D eigenvalue weighted by Gasteiger charge is -2.35. The third-order valence-electron chi connectivity index (χ3n) is 3.86. The SMILES string of the molecule is CCOc1ccccc1NC(=O)CN1CCC(N)CC1C. The number of rotatable bonds is 5. The maximum atomic E-state index is 12.2. The van der Waals surface area contributed by atoms with Gasteiger partial charge in [0.1, 0.15) is 5.75 Å². The van der Waals surface area contributed by atoms with Gasteiger partial charge in [-0.05, 0) is 38.8 Å². The number of carbonyl (C=O) groups excluding carboxylic acids is 1. The molecule has 1 aliphatic heterocycles. The van der Waals surface area contributed by atoms with Crippen molar-refractivity contribution in [2.24, 2.45) is 5.73 Å². The first-order valence-corrected chi connectivity index (χ1v) is 7.61. The van der Waals surface area contributed by atoms with Crippen molar-refractivity contribution < 1.29 is 9.53 Å². The molecule has 0 aromatic heterocycles. The molecule has 0 radical (unpaired) electrons. The van der Waals surface area contributed by atoms with Gasteiger partial charge in [0.25, 0.3) is 0 Å². The Bertz CT molecular complexity index is 478. The van der Waals surface area contributed by atoms with Gasteiger partial charge in [-0.25, -0.2) is 0 Å². The van der Waals surface area contributed by atoms with Gasteiger partial charge < -0.3 is 15.8 Å². The van der Waals surface area contributed by atoms with E-state index in [4.69, 9.17) is 10.5 Å². The minimum Gasteiger partial charge on any atom is -0.492 e. The molecule has 0 saturated carbocycles. The zero-order valence-corrected chi connectivity index (χ0v) is 12.8. The van der Waals surface area contributed by atoms with Crippen LogP contribution >= 0.6 is 0 Å². The van der Waals surface area contributed by atoms with Gasteiger partial charge in [-0.1, -0.05) is 12.1 Å². The number of carbonyl (C=O) groups is 1. The Morgan fingerprint density at radius 1 is 1.48 bits per heavy atom. The van der Waals surface area contributed by atoms with E-state index in [9.17, 15) is 4.79 Å². The van der Waals surface area contributed by atoms with Crippen molar-refractivity contribution in [2.75, 3.05) is 25.0 Å². The quantitative estimate of drug-likeness (QED) is 0.868. The number of hydrogen-bond acceptors (Lipinski definition) is 4. The number of anilines is 1. The zero-order chi connectivity index (χ0) is 15.2. The summed E-state index contributed by atoms with van der Waals surface area (Å²) in [5.74, 6) is 0.700. The maximum absolute atomic E-state index is 12.2. The summed E-state index contributed by atoms with van der Waals surface area (Å²) < 4.78 is 5.52. The number of likely N-dealkylation sites (tertiary alicyclic amines) is 1. The van der Waals surface area contributed by atoms with Gasteiger partial charge in [0, 0.05) is 18.6 Å². The maximum Gasteiger partial charge on any atom is 0.238 e. The molecule has 1 aromatic rings. The highest BCUT2D eigenvalue weighted by Crippen LogP contribution is 2.24. The Morgan fingerprint density at radius 2 is 2.24 bits per heavy atom. The number of benzene rings is 1. The summed E-state index contributed by atoms with van der Waals surface area (Å²) in [7, 11) is 0. The minimum absolute atomic E-state index is 0.00975. The van der Waals surface area contributed by atoms with Crippen molar-refractivity contribution in [3.05, 3.63) is 24.3 Å². The molecule has 1 aromatic carbocycles. The van der Waals surface area contributed by atoms with Crippen molar-refractivity contribution in [2.45, 2.75) is 38.8 Å². The fourth-order valence-electron chi connectivity index (χ4n) is 2.72. The normalized spacial score (nSPS) is 22.8. The average Bonchev–Trinajstić information content (AvgIpc) is 2.44. The molecular weight excluding hydrogens is 266 g/mol. The van der Waals surface area contributed by atoms with Crippen molar-refractivity contribution >= 4 is 11.6 Å². The van der Waals surface area contributed by atoms with Crippen molar-refractivity contribution in [1.29, 1.82) is 0 Å². The molecule has 2 rings (SSSR count). The van der Waals surface area contributed by atoms with E-state index in [1.807, 2.05) is 31.2 Å². The van der Waals surface area contributed by atoms with Crippen molar-refractivity contribution in [3.63, 3.8) is 0 Å². The summed E-state index contributed by atoms with van der Waals surface area (Å²) in [6, 6.07) is 8.12. The fourth-order valence-corrected chi connectivity index (χ4v) is 2.72. The minimum atomic E-state index is -0.00975.